The highest BCUT2D eigenvalue weighted by molar-refractivity contribution is 5.58. The fraction of sp³-hybridized carbons (Fsp3) is 0.875. The lowest BCUT2D eigenvalue weighted by Crippen LogP contribution is -2.30. The van der Waals surface area contributed by atoms with Gasteiger partial charge < -0.3 is 10.7 Å². The fourth-order valence-electron chi connectivity index (χ4n) is 0.835. The standard InChI is InChI=1S/C8H18N2/c1-8(2,3)7(5-9)6-10-4/h5,7,9-10H,6H2,1-4H3. The molecule has 0 aliphatic heterocycles. The zero-order valence-electron chi connectivity index (χ0n) is 7.36. The number of hydrogen-bond acceptors (Lipinski definition) is 2. The maximum Gasteiger partial charge on any atom is 0.0109 e. The number of hydrogen-bond donors (Lipinski definition) is 2. The van der Waals surface area contributed by atoms with Gasteiger partial charge >= 0.3 is 0 Å². The molecule has 1 atom stereocenters. The normalized spacial score (nSPS) is 14.8. The third kappa shape index (κ3) is 2.97. The second kappa shape index (κ2) is 3.71. The summed E-state index contributed by atoms with van der Waals surface area (Å²) >= 11 is 0. The van der Waals surface area contributed by atoms with Gasteiger partial charge in [0.2, 0.25) is 0 Å². The van der Waals surface area contributed by atoms with Crippen molar-refractivity contribution in [3.8, 4) is 0 Å². The minimum Gasteiger partial charge on any atom is -0.319 e. The Labute approximate surface area is 63.5 Å². The summed E-state index contributed by atoms with van der Waals surface area (Å²) in [4.78, 5) is 0. The minimum absolute atomic E-state index is 0.213. The fourth-order valence-corrected chi connectivity index (χ4v) is 0.835. The molecule has 0 saturated carbocycles. The van der Waals surface area contributed by atoms with Crippen molar-refractivity contribution in [3.63, 3.8) is 0 Å². The molecule has 2 N–H and O–H groups in total. The summed E-state index contributed by atoms with van der Waals surface area (Å²) in [6.45, 7) is 7.35. The third-order valence-corrected chi connectivity index (χ3v) is 1.74. The van der Waals surface area contributed by atoms with Crippen molar-refractivity contribution in [2.45, 2.75) is 20.8 Å². The van der Waals surface area contributed by atoms with E-state index in [1.165, 1.54) is 6.21 Å². The van der Waals surface area contributed by atoms with Crippen LogP contribution >= 0.6 is 0 Å². The van der Waals surface area contributed by atoms with Gasteiger partial charge in [-0.2, -0.15) is 0 Å². The molecule has 1 unspecified atom stereocenters. The molecule has 0 amide bonds. The molecule has 2 nitrogen and oxygen atoms in total. The van der Waals surface area contributed by atoms with Crippen LogP contribution in [0.4, 0.5) is 0 Å². The average Bonchev–Trinajstić information content (AvgIpc) is 1.80. The molecule has 0 aliphatic rings. The zero-order valence-corrected chi connectivity index (χ0v) is 7.36. The first kappa shape index (κ1) is 9.63. The van der Waals surface area contributed by atoms with Gasteiger partial charge in [0.15, 0.2) is 0 Å². The lowest BCUT2D eigenvalue weighted by Gasteiger charge is -2.26. The van der Waals surface area contributed by atoms with Crippen LogP contribution in [0.15, 0.2) is 0 Å². The highest BCUT2D eigenvalue weighted by atomic mass is 14.8. The Morgan fingerprint density at radius 3 is 2.10 bits per heavy atom. The molecule has 0 saturated heterocycles. The van der Waals surface area contributed by atoms with Crippen LogP contribution in [0.5, 0.6) is 0 Å². The van der Waals surface area contributed by atoms with Gasteiger partial charge in [0.05, 0.1) is 0 Å². The largest absolute Gasteiger partial charge is 0.319 e. The number of nitrogens with one attached hydrogen (secondary N) is 2. The summed E-state index contributed by atoms with van der Waals surface area (Å²) in [7, 11) is 1.92. The molecule has 60 valence electrons. The maximum absolute atomic E-state index is 7.15. The Kier molecular flexibility index (Phi) is 3.58. The molecule has 0 heterocycles. The first-order chi connectivity index (χ1) is 4.52. The second-order valence-electron chi connectivity index (χ2n) is 3.70. The summed E-state index contributed by atoms with van der Waals surface area (Å²) in [5.41, 5.74) is 0.213. The van der Waals surface area contributed by atoms with Gasteiger partial charge in [0.1, 0.15) is 0 Å². The molecule has 0 rings (SSSR count). The van der Waals surface area contributed by atoms with Gasteiger partial charge in [0.25, 0.3) is 0 Å². The van der Waals surface area contributed by atoms with Crippen molar-refractivity contribution < 1.29 is 0 Å². The molecule has 0 aromatic carbocycles. The third-order valence-electron chi connectivity index (χ3n) is 1.74. The molecule has 0 spiro atoms. The first-order valence-electron chi connectivity index (χ1n) is 3.67. The lowest BCUT2D eigenvalue weighted by molar-refractivity contribution is 0.311. The van der Waals surface area contributed by atoms with Crippen molar-refractivity contribution in [3.05, 3.63) is 0 Å². The topological polar surface area (TPSA) is 35.9 Å². The van der Waals surface area contributed by atoms with Gasteiger partial charge in [-0.3, -0.25) is 0 Å². The SMILES string of the molecule is CNCC(C=N)C(C)(C)C. The second-order valence-corrected chi connectivity index (χ2v) is 3.70. The molecule has 0 aromatic rings. The van der Waals surface area contributed by atoms with E-state index in [4.69, 9.17) is 5.41 Å². The van der Waals surface area contributed by atoms with Crippen LogP contribution in [0.2, 0.25) is 0 Å². The van der Waals surface area contributed by atoms with E-state index in [0.717, 1.165) is 6.54 Å². The first-order valence-corrected chi connectivity index (χ1v) is 3.67. The van der Waals surface area contributed by atoms with E-state index in [1.807, 2.05) is 7.05 Å². The van der Waals surface area contributed by atoms with Crippen LogP contribution < -0.4 is 5.32 Å². The van der Waals surface area contributed by atoms with Crippen LogP contribution in [-0.4, -0.2) is 19.8 Å². The van der Waals surface area contributed by atoms with Crippen molar-refractivity contribution in [1.29, 1.82) is 5.41 Å². The maximum atomic E-state index is 7.15. The Hall–Kier alpha value is -0.370. The van der Waals surface area contributed by atoms with Gasteiger partial charge in [-0.15, -0.1) is 0 Å². The van der Waals surface area contributed by atoms with Crippen LogP contribution in [0.3, 0.4) is 0 Å². The summed E-state index contributed by atoms with van der Waals surface area (Å²) in [6, 6.07) is 0. The van der Waals surface area contributed by atoms with Crippen LogP contribution in [0, 0.1) is 16.7 Å². The van der Waals surface area contributed by atoms with Gasteiger partial charge in [-0.05, 0) is 12.5 Å². The van der Waals surface area contributed by atoms with Crippen LogP contribution in [0.25, 0.3) is 0 Å². The van der Waals surface area contributed by atoms with Gasteiger partial charge in [-0.1, -0.05) is 20.8 Å². The van der Waals surface area contributed by atoms with Crippen molar-refractivity contribution >= 4 is 6.21 Å². The van der Waals surface area contributed by atoms with Crippen molar-refractivity contribution in [2.24, 2.45) is 11.3 Å². The summed E-state index contributed by atoms with van der Waals surface area (Å²) < 4.78 is 0. The molecule has 0 aliphatic carbocycles. The molecular formula is C8H18N2. The molecule has 10 heavy (non-hydrogen) atoms. The Bertz CT molecular complexity index is 102. The highest BCUT2D eigenvalue weighted by Crippen LogP contribution is 2.23. The molecule has 0 bridgehead atoms. The van der Waals surface area contributed by atoms with Crippen LogP contribution in [-0.2, 0) is 0 Å². The summed E-state index contributed by atoms with van der Waals surface area (Å²) in [5, 5.41) is 10.2. The minimum atomic E-state index is 0.213. The molecule has 0 fully saturated rings. The lowest BCUT2D eigenvalue weighted by atomic mass is 9.81. The molecular weight excluding hydrogens is 124 g/mol. The van der Waals surface area contributed by atoms with E-state index in [2.05, 4.69) is 26.1 Å². The average molecular weight is 142 g/mol. The Morgan fingerprint density at radius 1 is 1.50 bits per heavy atom. The van der Waals surface area contributed by atoms with Crippen molar-refractivity contribution in [2.75, 3.05) is 13.6 Å². The molecule has 0 aromatic heterocycles. The van der Waals surface area contributed by atoms with Crippen molar-refractivity contribution in [1.82, 2.24) is 5.32 Å². The van der Waals surface area contributed by atoms with E-state index in [1.54, 1.807) is 0 Å². The monoisotopic (exact) mass is 142 g/mol. The quantitative estimate of drug-likeness (QED) is 0.576. The van der Waals surface area contributed by atoms with E-state index in [0.29, 0.717) is 5.92 Å². The molecule has 2 heteroatoms. The Balaban J connectivity index is 3.93. The predicted molar refractivity (Wildman–Crippen MR) is 45.7 cm³/mol. The van der Waals surface area contributed by atoms with E-state index < -0.39 is 0 Å². The van der Waals surface area contributed by atoms with Gasteiger partial charge in [0, 0.05) is 18.7 Å². The van der Waals surface area contributed by atoms with Gasteiger partial charge in [-0.25, -0.2) is 0 Å². The Morgan fingerprint density at radius 2 is 2.00 bits per heavy atom. The zero-order chi connectivity index (χ0) is 8.20. The predicted octanol–water partition coefficient (Wildman–Crippen LogP) is 1.52. The molecule has 0 radical (unpaired) electrons. The summed E-state index contributed by atoms with van der Waals surface area (Å²) in [6.07, 6.45) is 1.52. The smallest absolute Gasteiger partial charge is 0.0109 e. The van der Waals surface area contributed by atoms with E-state index in [9.17, 15) is 0 Å². The van der Waals surface area contributed by atoms with Crippen LogP contribution in [0.1, 0.15) is 20.8 Å². The highest BCUT2D eigenvalue weighted by Gasteiger charge is 2.21. The van der Waals surface area contributed by atoms with E-state index in [-0.39, 0.29) is 5.41 Å². The summed E-state index contributed by atoms with van der Waals surface area (Å²) in [5.74, 6) is 0.345. The number of rotatable bonds is 3. The van der Waals surface area contributed by atoms with E-state index >= 15 is 0 Å².